The molecule has 1 unspecified atom stereocenters. The minimum absolute atomic E-state index is 0.0606. The zero-order valence-electron chi connectivity index (χ0n) is 10.6. The van der Waals surface area contributed by atoms with Crippen molar-refractivity contribution in [2.45, 2.75) is 13.0 Å². The summed E-state index contributed by atoms with van der Waals surface area (Å²) in [7, 11) is 1.33. The molecule has 0 aliphatic heterocycles. The van der Waals surface area contributed by atoms with Crippen molar-refractivity contribution in [1.29, 1.82) is 0 Å². The Morgan fingerprint density at radius 3 is 2.84 bits per heavy atom. The molecule has 0 aliphatic rings. The lowest BCUT2D eigenvalue weighted by Gasteiger charge is -2.14. The van der Waals surface area contributed by atoms with Crippen LogP contribution in [0.2, 0.25) is 5.02 Å². The second kappa shape index (κ2) is 5.80. The van der Waals surface area contributed by atoms with Crippen LogP contribution >= 0.6 is 11.6 Å². The number of carbonyl (C=O) groups excluding carboxylic acids is 1. The van der Waals surface area contributed by atoms with E-state index >= 15 is 0 Å². The lowest BCUT2D eigenvalue weighted by Crippen LogP contribution is -2.08. The minimum atomic E-state index is -0.454. The summed E-state index contributed by atoms with van der Waals surface area (Å²) in [6, 6.07) is 7.09. The molecule has 0 fully saturated rings. The highest BCUT2D eigenvalue weighted by molar-refractivity contribution is 6.33. The first kappa shape index (κ1) is 13.5. The molecule has 0 radical (unpaired) electrons. The topological polar surface area (TPSA) is 51.5 Å². The third-order valence-electron chi connectivity index (χ3n) is 2.80. The second-order valence-electron chi connectivity index (χ2n) is 4.11. The van der Waals surface area contributed by atoms with Crippen LogP contribution in [0.4, 0.5) is 5.69 Å². The maximum Gasteiger partial charge on any atom is 0.339 e. The molecule has 4 nitrogen and oxygen atoms in total. The third-order valence-corrected chi connectivity index (χ3v) is 3.13. The SMILES string of the molecule is COC(=O)c1cc(NC(C)c2ccoc2)ccc1Cl. The van der Waals surface area contributed by atoms with Gasteiger partial charge in [-0.15, -0.1) is 0 Å². The van der Waals surface area contributed by atoms with Crippen LogP contribution in [-0.2, 0) is 4.74 Å². The summed E-state index contributed by atoms with van der Waals surface area (Å²) < 4.78 is 9.72. The Morgan fingerprint density at radius 2 is 2.21 bits per heavy atom. The summed E-state index contributed by atoms with van der Waals surface area (Å²) in [6.07, 6.45) is 3.30. The van der Waals surface area contributed by atoms with E-state index in [1.807, 2.05) is 19.1 Å². The predicted molar refractivity (Wildman–Crippen MR) is 73.5 cm³/mol. The highest BCUT2D eigenvalue weighted by Gasteiger charge is 2.13. The second-order valence-corrected chi connectivity index (χ2v) is 4.52. The average Bonchev–Trinajstić information content (AvgIpc) is 2.94. The van der Waals surface area contributed by atoms with Crippen LogP contribution in [0, 0.1) is 0 Å². The molecule has 1 N–H and O–H groups in total. The van der Waals surface area contributed by atoms with Crippen LogP contribution in [0.1, 0.15) is 28.9 Å². The van der Waals surface area contributed by atoms with Crippen LogP contribution in [0.25, 0.3) is 0 Å². The van der Waals surface area contributed by atoms with Crippen molar-refractivity contribution >= 4 is 23.3 Å². The standard InChI is InChI=1S/C14H14ClNO3/c1-9(10-5-6-19-8-10)16-11-3-4-13(15)12(7-11)14(17)18-2/h3-9,16H,1-2H3. The third kappa shape index (κ3) is 3.09. The highest BCUT2D eigenvalue weighted by atomic mass is 35.5. The van der Waals surface area contributed by atoms with Gasteiger partial charge in [0.1, 0.15) is 0 Å². The van der Waals surface area contributed by atoms with Crippen LogP contribution < -0.4 is 5.32 Å². The van der Waals surface area contributed by atoms with Crippen LogP contribution in [0.3, 0.4) is 0 Å². The number of benzene rings is 1. The number of furan rings is 1. The lowest BCUT2D eigenvalue weighted by molar-refractivity contribution is 0.0601. The van der Waals surface area contributed by atoms with Crippen LogP contribution in [-0.4, -0.2) is 13.1 Å². The van der Waals surface area contributed by atoms with E-state index in [1.165, 1.54) is 7.11 Å². The van der Waals surface area contributed by atoms with Gasteiger partial charge in [-0.1, -0.05) is 11.6 Å². The summed E-state index contributed by atoms with van der Waals surface area (Å²) in [5.41, 5.74) is 2.15. The molecule has 1 heterocycles. The molecule has 0 aliphatic carbocycles. The molecular formula is C14H14ClNO3. The van der Waals surface area contributed by atoms with Gasteiger partial charge >= 0.3 is 5.97 Å². The monoisotopic (exact) mass is 279 g/mol. The predicted octanol–water partition coefficient (Wildman–Crippen LogP) is 3.89. The number of nitrogens with one attached hydrogen (secondary N) is 1. The van der Waals surface area contributed by atoms with Gasteiger partial charge in [-0.2, -0.15) is 0 Å². The Labute approximate surface area is 116 Å². The van der Waals surface area contributed by atoms with Gasteiger partial charge in [-0.25, -0.2) is 4.79 Å². The molecule has 1 aromatic heterocycles. The number of carbonyl (C=O) groups is 1. The molecule has 19 heavy (non-hydrogen) atoms. The van der Waals surface area contributed by atoms with Gasteiger partial charge in [0, 0.05) is 11.3 Å². The summed E-state index contributed by atoms with van der Waals surface area (Å²) >= 11 is 5.96. The number of rotatable bonds is 4. The summed E-state index contributed by atoms with van der Waals surface area (Å²) in [4.78, 5) is 11.6. The van der Waals surface area contributed by atoms with E-state index in [0.717, 1.165) is 11.3 Å². The van der Waals surface area contributed by atoms with E-state index in [0.29, 0.717) is 10.6 Å². The Kier molecular flexibility index (Phi) is 4.12. The Balaban J connectivity index is 2.19. The van der Waals surface area contributed by atoms with Gasteiger partial charge in [0.25, 0.3) is 0 Å². The first-order chi connectivity index (χ1) is 9.11. The number of halogens is 1. The van der Waals surface area contributed by atoms with E-state index in [2.05, 4.69) is 10.1 Å². The fourth-order valence-electron chi connectivity index (χ4n) is 1.74. The normalized spacial score (nSPS) is 11.9. The van der Waals surface area contributed by atoms with Gasteiger partial charge < -0.3 is 14.5 Å². The maximum atomic E-state index is 11.6. The summed E-state index contributed by atoms with van der Waals surface area (Å²) in [6.45, 7) is 2.00. The van der Waals surface area contributed by atoms with Crippen molar-refractivity contribution in [2.24, 2.45) is 0 Å². The van der Waals surface area contributed by atoms with Gasteiger partial charge in [0.05, 0.1) is 36.3 Å². The molecule has 1 aromatic carbocycles. The van der Waals surface area contributed by atoms with Crippen molar-refractivity contribution in [3.63, 3.8) is 0 Å². The molecule has 0 bridgehead atoms. The number of anilines is 1. The fraction of sp³-hybridized carbons (Fsp3) is 0.214. The van der Waals surface area contributed by atoms with E-state index in [1.54, 1.807) is 24.7 Å². The lowest BCUT2D eigenvalue weighted by atomic mass is 10.1. The van der Waals surface area contributed by atoms with E-state index in [9.17, 15) is 4.79 Å². The van der Waals surface area contributed by atoms with Crippen molar-refractivity contribution in [1.82, 2.24) is 0 Å². The van der Waals surface area contributed by atoms with Crippen LogP contribution in [0.15, 0.2) is 41.2 Å². The van der Waals surface area contributed by atoms with Crippen molar-refractivity contribution in [3.8, 4) is 0 Å². The van der Waals surface area contributed by atoms with Crippen molar-refractivity contribution in [3.05, 3.63) is 52.9 Å². The molecule has 0 spiro atoms. The zero-order valence-corrected chi connectivity index (χ0v) is 11.4. The van der Waals surface area contributed by atoms with Gasteiger partial charge in [0.2, 0.25) is 0 Å². The van der Waals surface area contributed by atoms with Gasteiger partial charge in [-0.05, 0) is 31.2 Å². The molecule has 100 valence electrons. The number of esters is 1. The van der Waals surface area contributed by atoms with E-state index in [-0.39, 0.29) is 6.04 Å². The Bertz CT molecular complexity index is 566. The smallest absolute Gasteiger partial charge is 0.339 e. The molecule has 2 rings (SSSR count). The van der Waals surface area contributed by atoms with Crippen molar-refractivity contribution in [2.75, 3.05) is 12.4 Å². The molecule has 0 saturated heterocycles. The molecule has 1 atom stereocenters. The first-order valence-electron chi connectivity index (χ1n) is 5.78. The van der Waals surface area contributed by atoms with Crippen LogP contribution in [0.5, 0.6) is 0 Å². The zero-order chi connectivity index (χ0) is 13.8. The average molecular weight is 280 g/mol. The maximum absolute atomic E-state index is 11.6. The minimum Gasteiger partial charge on any atom is -0.472 e. The van der Waals surface area contributed by atoms with Gasteiger partial charge in [-0.3, -0.25) is 0 Å². The van der Waals surface area contributed by atoms with E-state index < -0.39 is 5.97 Å². The number of hydrogen-bond acceptors (Lipinski definition) is 4. The summed E-state index contributed by atoms with van der Waals surface area (Å²) in [5, 5.41) is 3.63. The summed E-state index contributed by atoms with van der Waals surface area (Å²) in [5.74, 6) is -0.454. The number of ether oxygens (including phenoxy) is 1. The molecule has 2 aromatic rings. The highest BCUT2D eigenvalue weighted by Crippen LogP contribution is 2.24. The Morgan fingerprint density at radius 1 is 1.42 bits per heavy atom. The molecule has 0 saturated carbocycles. The van der Waals surface area contributed by atoms with Crippen molar-refractivity contribution < 1.29 is 13.9 Å². The number of hydrogen-bond donors (Lipinski definition) is 1. The molecular weight excluding hydrogens is 266 g/mol. The number of methoxy groups -OCH3 is 1. The Hall–Kier alpha value is -1.94. The van der Waals surface area contributed by atoms with Gasteiger partial charge in [0.15, 0.2) is 0 Å². The molecule has 0 amide bonds. The fourth-order valence-corrected chi connectivity index (χ4v) is 1.93. The quantitative estimate of drug-likeness (QED) is 0.863. The molecule has 5 heteroatoms. The first-order valence-corrected chi connectivity index (χ1v) is 6.16. The largest absolute Gasteiger partial charge is 0.472 e. The van der Waals surface area contributed by atoms with E-state index in [4.69, 9.17) is 16.0 Å².